The Kier molecular flexibility index (Phi) is 4.60. The number of urea groups is 1. The summed E-state index contributed by atoms with van der Waals surface area (Å²) in [6.45, 7) is 2.45. The van der Waals surface area contributed by atoms with Gasteiger partial charge in [-0.2, -0.15) is 5.10 Å². The van der Waals surface area contributed by atoms with Gasteiger partial charge < -0.3 is 15.2 Å². The number of nitrogens with two attached hydrogens (primary N) is 1. The third-order valence-corrected chi connectivity index (χ3v) is 7.57. The summed E-state index contributed by atoms with van der Waals surface area (Å²) < 4.78 is 23.7. The highest BCUT2D eigenvalue weighted by molar-refractivity contribution is 7.91. The number of carbonyl (C=O) groups excluding carboxylic acids is 1. The Morgan fingerprint density at radius 1 is 1.40 bits per heavy atom. The Morgan fingerprint density at radius 3 is 3.07 bits per heavy atom. The number of hydrogen-bond acceptors (Lipinski definition) is 5. The molecule has 1 aromatic carbocycles. The molecule has 0 saturated heterocycles. The van der Waals surface area contributed by atoms with E-state index in [1.807, 2.05) is 0 Å². The molecule has 0 spiro atoms. The second-order valence-electron chi connectivity index (χ2n) is 8.30. The van der Waals surface area contributed by atoms with Gasteiger partial charge >= 0.3 is 6.03 Å². The number of fused-ring (bicyclic) bond motifs is 3. The van der Waals surface area contributed by atoms with Crippen molar-refractivity contribution in [3.05, 3.63) is 34.5 Å². The fourth-order valence-corrected chi connectivity index (χ4v) is 5.76. The number of benzene rings is 1. The lowest BCUT2D eigenvalue weighted by Gasteiger charge is -2.20. The van der Waals surface area contributed by atoms with Crippen molar-refractivity contribution >= 4 is 21.6 Å². The first kappa shape index (κ1) is 19.5. The van der Waals surface area contributed by atoms with E-state index in [2.05, 4.69) is 27.8 Å². The number of aryl methyl sites for hydroxylation is 1. The van der Waals surface area contributed by atoms with Crippen LogP contribution in [0.2, 0.25) is 0 Å². The molecule has 1 aromatic heterocycles. The van der Waals surface area contributed by atoms with Gasteiger partial charge in [0.05, 0.1) is 12.7 Å². The predicted octanol–water partition coefficient (Wildman–Crippen LogP) is 2.11. The molecule has 3 atom stereocenters. The molecule has 0 fully saturated rings. The largest absolute Gasteiger partial charge is 0.474 e. The first-order valence-electron chi connectivity index (χ1n) is 10.2. The molecular formula is C20H25N5O4S. The van der Waals surface area contributed by atoms with Gasteiger partial charge in [0.25, 0.3) is 0 Å². The average Bonchev–Trinajstić information content (AvgIpc) is 3.40. The van der Waals surface area contributed by atoms with E-state index in [0.29, 0.717) is 5.92 Å². The summed E-state index contributed by atoms with van der Waals surface area (Å²) in [4.78, 5) is 12.8. The third kappa shape index (κ3) is 3.19. The summed E-state index contributed by atoms with van der Waals surface area (Å²) in [5.74, 6) is 0.642. The van der Waals surface area contributed by atoms with Crippen molar-refractivity contribution in [3.63, 3.8) is 0 Å². The first-order valence-corrected chi connectivity index (χ1v) is 11.8. The molecule has 0 saturated carbocycles. The molecule has 30 heavy (non-hydrogen) atoms. The molecule has 2 aliphatic carbocycles. The number of anilines is 1. The van der Waals surface area contributed by atoms with Gasteiger partial charge in [-0.25, -0.2) is 18.8 Å². The fourth-order valence-electron chi connectivity index (χ4n) is 4.75. The van der Waals surface area contributed by atoms with Crippen LogP contribution in [0, 0.1) is 0 Å². The van der Waals surface area contributed by atoms with E-state index in [1.54, 1.807) is 0 Å². The number of aromatic nitrogens is 2. The zero-order chi connectivity index (χ0) is 21.0. The molecule has 2 heterocycles. The zero-order valence-electron chi connectivity index (χ0n) is 16.8. The van der Waals surface area contributed by atoms with Crippen molar-refractivity contribution < 1.29 is 18.8 Å². The molecule has 4 N–H and O–H groups in total. The van der Waals surface area contributed by atoms with Crippen LogP contribution in [0.3, 0.4) is 0 Å². The topological polar surface area (TPSA) is 132 Å². The normalized spacial score (nSPS) is 23.7. The zero-order valence-corrected chi connectivity index (χ0v) is 17.6. The maximum Gasteiger partial charge on any atom is 0.354 e. The SMILES string of the molecule is CC1CCc2c1cc1c(c2NC(=O)N=S(N)(=O)c2cnn3c2OCC(O)C3)CCC1. The number of nitrogens with zero attached hydrogens (tertiary/aromatic N) is 3. The fraction of sp³-hybridized carbons (Fsp3) is 0.500. The second kappa shape index (κ2) is 7.07. The number of ether oxygens (including phenoxy) is 1. The lowest BCUT2D eigenvalue weighted by molar-refractivity contribution is 0.0538. The number of amides is 2. The van der Waals surface area contributed by atoms with Crippen molar-refractivity contribution in [1.82, 2.24) is 9.78 Å². The van der Waals surface area contributed by atoms with Crippen molar-refractivity contribution in [3.8, 4) is 5.88 Å². The first-order chi connectivity index (χ1) is 14.3. The van der Waals surface area contributed by atoms with E-state index < -0.39 is 22.1 Å². The van der Waals surface area contributed by atoms with E-state index in [9.17, 15) is 14.1 Å². The molecule has 1 aliphatic heterocycles. The van der Waals surface area contributed by atoms with Gasteiger partial charge in [-0.05, 0) is 60.3 Å². The van der Waals surface area contributed by atoms with E-state index >= 15 is 0 Å². The van der Waals surface area contributed by atoms with Crippen molar-refractivity contribution in [2.24, 2.45) is 9.50 Å². The summed E-state index contributed by atoms with van der Waals surface area (Å²) in [5.41, 5.74) is 5.72. The summed E-state index contributed by atoms with van der Waals surface area (Å²) in [6.07, 6.45) is 5.52. The minimum absolute atomic E-state index is 0.0425. The van der Waals surface area contributed by atoms with Gasteiger partial charge in [0.15, 0.2) is 9.92 Å². The van der Waals surface area contributed by atoms with Crippen molar-refractivity contribution in [1.29, 1.82) is 0 Å². The lowest BCUT2D eigenvalue weighted by Crippen LogP contribution is -2.30. The van der Waals surface area contributed by atoms with Crippen LogP contribution in [0.25, 0.3) is 0 Å². The molecule has 2 amide bonds. The van der Waals surface area contributed by atoms with E-state index in [4.69, 9.17) is 9.88 Å². The molecule has 0 radical (unpaired) electrons. The molecule has 160 valence electrons. The number of hydrogen-bond donors (Lipinski definition) is 3. The van der Waals surface area contributed by atoms with Crippen LogP contribution in [0.15, 0.2) is 21.5 Å². The van der Waals surface area contributed by atoms with Crippen molar-refractivity contribution in [2.45, 2.75) is 62.5 Å². The number of rotatable bonds is 2. The molecule has 0 bridgehead atoms. The van der Waals surface area contributed by atoms with Crippen LogP contribution in [0.4, 0.5) is 10.5 Å². The number of nitrogens with one attached hydrogen (secondary N) is 1. The van der Waals surface area contributed by atoms with Gasteiger partial charge in [0, 0.05) is 5.69 Å². The molecular weight excluding hydrogens is 406 g/mol. The monoisotopic (exact) mass is 431 g/mol. The van der Waals surface area contributed by atoms with E-state index in [0.717, 1.165) is 48.9 Å². The summed E-state index contributed by atoms with van der Waals surface area (Å²) in [6, 6.07) is 1.56. The van der Waals surface area contributed by atoms with Crippen LogP contribution in [-0.4, -0.2) is 37.8 Å². The molecule has 2 aromatic rings. The smallest absolute Gasteiger partial charge is 0.354 e. The van der Waals surface area contributed by atoms with E-state index in [1.165, 1.54) is 22.0 Å². The highest BCUT2D eigenvalue weighted by Crippen LogP contribution is 2.43. The molecule has 5 rings (SSSR count). The summed E-state index contributed by atoms with van der Waals surface area (Å²) in [7, 11) is -3.56. The van der Waals surface area contributed by atoms with Gasteiger partial charge in [-0.15, -0.1) is 4.36 Å². The Bertz CT molecular complexity index is 1160. The van der Waals surface area contributed by atoms with Gasteiger partial charge in [0.2, 0.25) is 5.88 Å². The van der Waals surface area contributed by atoms with Crippen LogP contribution >= 0.6 is 0 Å². The third-order valence-electron chi connectivity index (χ3n) is 6.22. The van der Waals surface area contributed by atoms with Crippen LogP contribution in [-0.2, 0) is 35.7 Å². The Balaban J connectivity index is 1.48. The van der Waals surface area contributed by atoms with Crippen molar-refractivity contribution in [2.75, 3.05) is 11.9 Å². The van der Waals surface area contributed by atoms with Crippen LogP contribution in [0.1, 0.15) is 47.9 Å². The summed E-state index contributed by atoms with van der Waals surface area (Å²) >= 11 is 0. The maximum absolute atomic E-state index is 13.1. The predicted molar refractivity (Wildman–Crippen MR) is 111 cm³/mol. The Morgan fingerprint density at radius 2 is 2.23 bits per heavy atom. The summed E-state index contributed by atoms with van der Waals surface area (Å²) in [5, 5.41) is 22.6. The number of aliphatic hydroxyl groups is 1. The maximum atomic E-state index is 13.1. The molecule has 3 aliphatic rings. The minimum atomic E-state index is -3.56. The highest BCUT2D eigenvalue weighted by atomic mass is 32.2. The van der Waals surface area contributed by atoms with Crippen LogP contribution in [0.5, 0.6) is 5.88 Å². The van der Waals surface area contributed by atoms with Gasteiger partial charge in [-0.3, -0.25) is 0 Å². The second-order valence-corrected chi connectivity index (χ2v) is 10.1. The molecule has 3 unspecified atom stereocenters. The molecule has 10 heteroatoms. The van der Waals surface area contributed by atoms with E-state index in [-0.39, 0.29) is 23.9 Å². The number of carbonyl (C=O) groups is 1. The highest BCUT2D eigenvalue weighted by Gasteiger charge is 2.30. The van der Waals surface area contributed by atoms with Crippen LogP contribution < -0.4 is 15.2 Å². The van der Waals surface area contributed by atoms with Gasteiger partial charge in [0.1, 0.15) is 17.6 Å². The standard InChI is InChI=1S/C20H25N5O4S/c1-11-5-6-15-16(11)7-12-3-2-4-14(12)18(15)23-20(27)24-30(21,28)17-8-22-25-9-13(26)10-29-19(17)25/h7-8,11,13,26H,2-6,9-10H2,1H3,(H3,21,23,24,27,28). The Hall–Kier alpha value is -2.43. The average molecular weight is 432 g/mol. The lowest BCUT2D eigenvalue weighted by atomic mass is 9.96. The van der Waals surface area contributed by atoms with Gasteiger partial charge in [-0.1, -0.05) is 13.0 Å². The quantitative estimate of drug-likeness (QED) is 0.670. The molecule has 9 nitrogen and oxygen atoms in total. The number of aliphatic hydroxyl groups excluding tert-OH is 1. The minimum Gasteiger partial charge on any atom is -0.474 e. The Labute approximate surface area is 174 Å².